The Balaban J connectivity index is 1.37. The standard InChI is InChI=1S/C29H24ClN3O4S/c1-19-9-10-21(30)16-25(19)32-27(34)18-38-24-13-11-22(12-14-24)31-29(36)26(17-23-8-5-15-37-23)33-28(35)20-6-3-2-4-7-20/h2-17H,18H2,1H3,(H,31,36)(H,32,34)(H,33,35)/b26-17-. The summed E-state index contributed by atoms with van der Waals surface area (Å²) in [6.07, 6.45) is 2.94. The number of aryl methyl sites for hydroxylation is 1. The summed E-state index contributed by atoms with van der Waals surface area (Å²) in [5.41, 5.74) is 2.58. The van der Waals surface area contributed by atoms with Crippen molar-refractivity contribution < 1.29 is 18.8 Å². The van der Waals surface area contributed by atoms with E-state index in [1.54, 1.807) is 78.9 Å². The lowest BCUT2D eigenvalue weighted by Gasteiger charge is -2.11. The summed E-state index contributed by atoms with van der Waals surface area (Å²) in [5.74, 6) is -0.459. The molecule has 3 N–H and O–H groups in total. The van der Waals surface area contributed by atoms with Gasteiger partial charge in [0, 0.05) is 32.9 Å². The van der Waals surface area contributed by atoms with Crippen LogP contribution in [0.5, 0.6) is 0 Å². The second-order valence-corrected chi connectivity index (χ2v) is 9.65. The van der Waals surface area contributed by atoms with Crippen LogP contribution in [0.25, 0.3) is 6.08 Å². The first-order valence-electron chi connectivity index (χ1n) is 11.6. The van der Waals surface area contributed by atoms with E-state index in [2.05, 4.69) is 16.0 Å². The average molecular weight is 546 g/mol. The fourth-order valence-electron chi connectivity index (χ4n) is 3.36. The largest absolute Gasteiger partial charge is 0.465 e. The highest BCUT2D eigenvalue weighted by Gasteiger charge is 2.16. The monoisotopic (exact) mass is 545 g/mol. The molecule has 0 atom stereocenters. The number of hydrogen-bond acceptors (Lipinski definition) is 5. The molecule has 0 radical (unpaired) electrons. The van der Waals surface area contributed by atoms with E-state index in [-0.39, 0.29) is 17.4 Å². The van der Waals surface area contributed by atoms with Gasteiger partial charge in [-0.3, -0.25) is 14.4 Å². The fourth-order valence-corrected chi connectivity index (χ4v) is 4.23. The second-order valence-electron chi connectivity index (χ2n) is 8.17. The Morgan fingerprint density at radius 2 is 1.68 bits per heavy atom. The summed E-state index contributed by atoms with van der Waals surface area (Å²) in [6.45, 7) is 1.90. The van der Waals surface area contributed by atoms with E-state index in [9.17, 15) is 14.4 Å². The van der Waals surface area contributed by atoms with E-state index < -0.39 is 11.8 Å². The second kappa shape index (κ2) is 12.8. The van der Waals surface area contributed by atoms with Gasteiger partial charge in [-0.1, -0.05) is 35.9 Å². The molecule has 1 heterocycles. The molecule has 0 aliphatic carbocycles. The summed E-state index contributed by atoms with van der Waals surface area (Å²) in [7, 11) is 0. The third kappa shape index (κ3) is 7.61. The van der Waals surface area contributed by atoms with Gasteiger partial charge in [0.25, 0.3) is 11.8 Å². The van der Waals surface area contributed by atoms with Gasteiger partial charge < -0.3 is 20.4 Å². The van der Waals surface area contributed by atoms with Gasteiger partial charge in [0.2, 0.25) is 5.91 Å². The molecule has 0 fully saturated rings. The molecule has 3 aromatic carbocycles. The summed E-state index contributed by atoms with van der Waals surface area (Å²) >= 11 is 7.38. The molecular formula is C29H24ClN3O4S. The molecule has 0 aliphatic rings. The van der Waals surface area contributed by atoms with E-state index in [1.165, 1.54) is 24.1 Å². The number of furan rings is 1. The Morgan fingerprint density at radius 3 is 2.39 bits per heavy atom. The number of carbonyl (C=O) groups excluding carboxylic acids is 3. The van der Waals surface area contributed by atoms with Crippen LogP contribution >= 0.6 is 23.4 Å². The molecule has 4 aromatic rings. The summed E-state index contributed by atoms with van der Waals surface area (Å²) in [4.78, 5) is 38.9. The first kappa shape index (κ1) is 26.8. The third-order valence-electron chi connectivity index (χ3n) is 5.31. The lowest BCUT2D eigenvalue weighted by molar-refractivity contribution is -0.114. The summed E-state index contributed by atoms with van der Waals surface area (Å²) in [6, 6.07) is 24.4. The van der Waals surface area contributed by atoms with Crippen LogP contribution < -0.4 is 16.0 Å². The van der Waals surface area contributed by atoms with Crippen LogP contribution in [0.4, 0.5) is 11.4 Å². The normalized spacial score (nSPS) is 11.1. The maximum atomic E-state index is 13.0. The zero-order valence-electron chi connectivity index (χ0n) is 20.4. The number of carbonyl (C=O) groups is 3. The van der Waals surface area contributed by atoms with Crippen LogP contribution in [0, 0.1) is 6.92 Å². The van der Waals surface area contributed by atoms with Crippen LogP contribution in [0.1, 0.15) is 21.7 Å². The number of amides is 3. The van der Waals surface area contributed by atoms with Crippen molar-refractivity contribution in [3.8, 4) is 0 Å². The highest BCUT2D eigenvalue weighted by atomic mass is 35.5. The molecule has 192 valence electrons. The van der Waals surface area contributed by atoms with Gasteiger partial charge in [0.1, 0.15) is 11.5 Å². The first-order chi connectivity index (χ1) is 18.4. The van der Waals surface area contributed by atoms with Gasteiger partial charge in [0.15, 0.2) is 0 Å². The molecule has 0 aliphatic heterocycles. The Morgan fingerprint density at radius 1 is 0.921 bits per heavy atom. The predicted molar refractivity (Wildman–Crippen MR) is 151 cm³/mol. The molecule has 4 rings (SSSR count). The minimum Gasteiger partial charge on any atom is -0.465 e. The van der Waals surface area contributed by atoms with Crippen molar-refractivity contribution in [3.05, 3.63) is 119 Å². The number of halogens is 1. The third-order valence-corrected chi connectivity index (χ3v) is 6.56. The molecule has 0 saturated carbocycles. The van der Waals surface area contributed by atoms with E-state index in [4.69, 9.17) is 16.0 Å². The van der Waals surface area contributed by atoms with Crippen molar-refractivity contribution in [1.82, 2.24) is 5.32 Å². The number of hydrogen-bond donors (Lipinski definition) is 3. The van der Waals surface area contributed by atoms with Crippen molar-refractivity contribution in [2.45, 2.75) is 11.8 Å². The molecule has 9 heteroatoms. The average Bonchev–Trinajstić information content (AvgIpc) is 3.43. The van der Waals surface area contributed by atoms with Crippen LogP contribution in [0.15, 0.2) is 106 Å². The van der Waals surface area contributed by atoms with E-state index >= 15 is 0 Å². The summed E-state index contributed by atoms with van der Waals surface area (Å²) in [5, 5.41) is 8.86. The van der Waals surface area contributed by atoms with Crippen molar-refractivity contribution in [3.63, 3.8) is 0 Å². The highest BCUT2D eigenvalue weighted by molar-refractivity contribution is 8.00. The molecule has 0 bridgehead atoms. The maximum absolute atomic E-state index is 13.0. The molecular weight excluding hydrogens is 522 g/mol. The molecule has 7 nitrogen and oxygen atoms in total. The molecule has 0 unspecified atom stereocenters. The van der Waals surface area contributed by atoms with E-state index in [0.717, 1.165) is 10.5 Å². The number of rotatable bonds is 9. The van der Waals surface area contributed by atoms with Crippen LogP contribution in [0.3, 0.4) is 0 Å². The Labute approximate surface area is 229 Å². The van der Waals surface area contributed by atoms with Gasteiger partial charge >= 0.3 is 0 Å². The Hall–Kier alpha value is -4.27. The molecule has 38 heavy (non-hydrogen) atoms. The SMILES string of the molecule is Cc1ccc(Cl)cc1NC(=O)CSc1ccc(NC(=O)/C(=C/c2ccco2)NC(=O)c2ccccc2)cc1. The smallest absolute Gasteiger partial charge is 0.272 e. The van der Waals surface area contributed by atoms with Crippen molar-refractivity contribution >= 4 is 58.5 Å². The topological polar surface area (TPSA) is 100 Å². The van der Waals surface area contributed by atoms with Crippen LogP contribution in [-0.4, -0.2) is 23.5 Å². The van der Waals surface area contributed by atoms with Crippen LogP contribution in [-0.2, 0) is 9.59 Å². The van der Waals surface area contributed by atoms with Gasteiger partial charge in [0.05, 0.1) is 12.0 Å². The minimum absolute atomic E-state index is 0.0280. The lowest BCUT2D eigenvalue weighted by Crippen LogP contribution is -2.30. The Kier molecular flexibility index (Phi) is 9.02. The minimum atomic E-state index is -0.512. The fraction of sp³-hybridized carbons (Fsp3) is 0.0690. The number of anilines is 2. The van der Waals surface area contributed by atoms with Gasteiger partial charge in [-0.05, 0) is 73.2 Å². The first-order valence-corrected chi connectivity index (χ1v) is 13.0. The predicted octanol–water partition coefficient (Wildman–Crippen LogP) is 6.38. The number of benzene rings is 3. The number of thioether (sulfide) groups is 1. The van der Waals surface area contributed by atoms with Crippen LogP contribution in [0.2, 0.25) is 5.02 Å². The van der Waals surface area contributed by atoms with Crippen molar-refractivity contribution in [2.75, 3.05) is 16.4 Å². The number of nitrogens with one attached hydrogen (secondary N) is 3. The zero-order chi connectivity index (χ0) is 26.9. The van der Waals surface area contributed by atoms with Gasteiger partial charge in [-0.2, -0.15) is 0 Å². The molecule has 0 spiro atoms. The lowest BCUT2D eigenvalue weighted by atomic mass is 10.2. The molecule has 3 amide bonds. The van der Waals surface area contributed by atoms with Crippen molar-refractivity contribution in [2.24, 2.45) is 0 Å². The van der Waals surface area contributed by atoms with Gasteiger partial charge in [-0.25, -0.2) is 0 Å². The zero-order valence-corrected chi connectivity index (χ0v) is 21.9. The highest BCUT2D eigenvalue weighted by Crippen LogP contribution is 2.23. The summed E-state index contributed by atoms with van der Waals surface area (Å²) < 4.78 is 5.31. The molecule has 0 saturated heterocycles. The maximum Gasteiger partial charge on any atom is 0.272 e. The Bertz CT molecular complexity index is 1450. The van der Waals surface area contributed by atoms with E-state index in [1.807, 2.05) is 13.0 Å². The van der Waals surface area contributed by atoms with Crippen molar-refractivity contribution in [1.29, 1.82) is 0 Å². The van der Waals surface area contributed by atoms with Gasteiger partial charge in [-0.15, -0.1) is 11.8 Å². The molecule has 1 aromatic heterocycles. The van der Waals surface area contributed by atoms with E-state index in [0.29, 0.717) is 27.7 Å². The quantitative estimate of drug-likeness (QED) is 0.167.